The molecule has 0 saturated carbocycles. The van der Waals surface area contributed by atoms with E-state index in [2.05, 4.69) is 20.5 Å². The summed E-state index contributed by atoms with van der Waals surface area (Å²) < 4.78 is 7.42. The number of urea groups is 1. The summed E-state index contributed by atoms with van der Waals surface area (Å²) in [6, 6.07) is 5.44. The molecule has 1 aromatic carbocycles. The number of hydrogen-bond acceptors (Lipinski definition) is 4. The third-order valence-corrected chi connectivity index (χ3v) is 5.27. The maximum atomic E-state index is 12.4. The Balaban J connectivity index is 1.38. The molecule has 2 fully saturated rings. The van der Waals surface area contributed by atoms with Gasteiger partial charge in [0.25, 0.3) is 0 Å². The number of aromatic nitrogens is 2. The summed E-state index contributed by atoms with van der Waals surface area (Å²) in [6.45, 7) is 3.39. The number of anilines is 1. The van der Waals surface area contributed by atoms with Crippen LogP contribution < -0.4 is 10.6 Å². The lowest BCUT2D eigenvalue weighted by Crippen LogP contribution is -2.51. The third-order valence-electron chi connectivity index (χ3n) is 4.96. The highest BCUT2D eigenvalue weighted by atomic mass is 35.5. The van der Waals surface area contributed by atoms with Gasteiger partial charge in [0.1, 0.15) is 0 Å². The van der Waals surface area contributed by atoms with Crippen LogP contribution in [0, 0.1) is 0 Å². The van der Waals surface area contributed by atoms with E-state index < -0.39 is 0 Å². The fourth-order valence-electron chi connectivity index (χ4n) is 3.65. The lowest BCUT2D eigenvalue weighted by Gasteiger charge is -2.27. The SMILES string of the molecule is O=C(Nc1ccc(-n2ccnc2)c(Cl)c1)N[C@H]1COC[C@@H]1N1CCCC1. The summed E-state index contributed by atoms with van der Waals surface area (Å²) in [4.78, 5) is 18.8. The smallest absolute Gasteiger partial charge is 0.319 e. The zero-order valence-electron chi connectivity index (χ0n) is 14.4. The first-order valence-corrected chi connectivity index (χ1v) is 9.26. The molecular weight excluding hydrogens is 354 g/mol. The molecule has 26 heavy (non-hydrogen) atoms. The van der Waals surface area contributed by atoms with Crippen molar-refractivity contribution in [2.45, 2.75) is 24.9 Å². The van der Waals surface area contributed by atoms with Gasteiger partial charge in [-0.25, -0.2) is 9.78 Å². The van der Waals surface area contributed by atoms with E-state index in [0.29, 0.717) is 23.9 Å². The number of carbonyl (C=O) groups excluding carboxylic acids is 1. The van der Waals surface area contributed by atoms with Crippen molar-refractivity contribution in [1.29, 1.82) is 0 Å². The van der Waals surface area contributed by atoms with Gasteiger partial charge in [-0.2, -0.15) is 0 Å². The summed E-state index contributed by atoms with van der Waals surface area (Å²) in [7, 11) is 0. The molecule has 0 spiro atoms. The van der Waals surface area contributed by atoms with E-state index in [1.165, 1.54) is 12.8 Å². The summed E-state index contributed by atoms with van der Waals surface area (Å²) in [5, 5.41) is 6.44. The molecule has 8 heteroatoms. The van der Waals surface area contributed by atoms with Gasteiger partial charge in [-0.05, 0) is 44.1 Å². The molecule has 0 radical (unpaired) electrons. The molecule has 0 aliphatic carbocycles. The molecule has 0 unspecified atom stereocenters. The van der Waals surface area contributed by atoms with Crippen LogP contribution in [0.1, 0.15) is 12.8 Å². The van der Waals surface area contributed by atoms with Crippen LogP contribution in [0.5, 0.6) is 0 Å². The Hall–Kier alpha value is -2.09. The van der Waals surface area contributed by atoms with E-state index >= 15 is 0 Å². The van der Waals surface area contributed by atoms with Crippen molar-refractivity contribution < 1.29 is 9.53 Å². The zero-order chi connectivity index (χ0) is 17.9. The Morgan fingerprint density at radius 3 is 2.85 bits per heavy atom. The van der Waals surface area contributed by atoms with Gasteiger partial charge < -0.3 is 19.9 Å². The topological polar surface area (TPSA) is 71.4 Å². The minimum atomic E-state index is -0.240. The number of halogens is 1. The van der Waals surface area contributed by atoms with Crippen molar-refractivity contribution >= 4 is 23.3 Å². The van der Waals surface area contributed by atoms with Gasteiger partial charge in [0.15, 0.2) is 0 Å². The van der Waals surface area contributed by atoms with Crippen molar-refractivity contribution in [1.82, 2.24) is 19.8 Å². The number of amides is 2. The minimum Gasteiger partial charge on any atom is -0.378 e. The molecule has 2 amide bonds. The van der Waals surface area contributed by atoms with Gasteiger partial charge in [0.05, 0.1) is 42.3 Å². The molecular formula is C18H22ClN5O2. The number of ether oxygens (including phenoxy) is 1. The van der Waals surface area contributed by atoms with Crippen LogP contribution in [-0.4, -0.2) is 58.9 Å². The third kappa shape index (κ3) is 3.70. The lowest BCUT2D eigenvalue weighted by molar-refractivity contribution is 0.159. The lowest BCUT2D eigenvalue weighted by atomic mass is 10.1. The van der Waals surface area contributed by atoms with Crippen LogP contribution in [0.3, 0.4) is 0 Å². The van der Waals surface area contributed by atoms with E-state index in [4.69, 9.17) is 16.3 Å². The molecule has 0 bridgehead atoms. The maximum Gasteiger partial charge on any atom is 0.319 e. The Labute approximate surface area is 157 Å². The van der Waals surface area contributed by atoms with E-state index in [1.807, 2.05) is 22.9 Å². The second-order valence-corrected chi connectivity index (χ2v) is 7.10. The number of imidazole rings is 1. The average molecular weight is 376 g/mol. The van der Waals surface area contributed by atoms with Crippen LogP contribution in [0.2, 0.25) is 5.02 Å². The molecule has 138 valence electrons. The van der Waals surface area contributed by atoms with Gasteiger partial charge in [-0.3, -0.25) is 4.90 Å². The Morgan fingerprint density at radius 1 is 1.27 bits per heavy atom. The first-order valence-electron chi connectivity index (χ1n) is 8.88. The van der Waals surface area contributed by atoms with Crippen LogP contribution in [-0.2, 0) is 4.74 Å². The molecule has 2 aliphatic rings. The van der Waals surface area contributed by atoms with Crippen LogP contribution in [0.15, 0.2) is 36.9 Å². The fourth-order valence-corrected chi connectivity index (χ4v) is 3.92. The standard InChI is InChI=1S/C18H22ClN5O2/c19-14-9-13(3-4-16(14)24-8-5-20-12-24)21-18(25)22-15-10-26-11-17(15)23-6-1-2-7-23/h3-5,8-9,12,15,17H,1-2,6-7,10-11H2,(H2,21,22,25)/t15-,17-/m0/s1. The summed E-state index contributed by atoms with van der Waals surface area (Å²) in [5.74, 6) is 0. The second kappa shape index (κ2) is 7.65. The Morgan fingerprint density at radius 2 is 2.12 bits per heavy atom. The molecule has 2 aliphatic heterocycles. The number of nitrogens with one attached hydrogen (secondary N) is 2. The van der Waals surface area contributed by atoms with Crippen molar-refractivity contribution in [3.05, 3.63) is 41.9 Å². The molecule has 2 N–H and O–H groups in total. The largest absolute Gasteiger partial charge is 0.378 e. The van der Waals surface area contributed by atoms with Gasteiger partial charge in [-0.15, -0.1) is 0 Å². The first kappa shape index (κ1) is 17.3. The molecule has 7 nitrogen and oxygen atoms in total. The van der Waals surface area contributed by atoms with Crippen molar-refractivity contribution in [3.63, 3.8) is 0 Å². The van der Waals surface area contributed by atoms with E-state index in [0.717, 1.165) is 18.8 Å². The van der Waals surface area contributed by atoms with Gasteiger partial charge in [-0.1, -0.05) is 11.6 Å². The quantitative estimate of drug-likeness (QED) is 0.861. The predicted molar refractivity (Wildman–Crippen MR) is 99.9 cm³/mol. The number of nitrogens with zero attached hydrogens (tertiary/aromatic N) is 3. The zero-order valence-corrected chi connectivity index (χ0v) is 15.2. The van der Waals surface area contributed by atoms with E-state index in [-0.39, 0.29) is 18.1 Å². The monoisotopic (exact) mass is 375 g/mol. The number of hydrogen-bond donors (Lipinski definition) is 2. The summed E-state index contributed by atoms with van der Waals surface area (Å²) in [5.41, 5.74) is 1.46. The Bertz CT molecular complexity index is 761. The Kier molecular flexibility index (Phi) is 5.10. The number of likely N-dealkylation sites (tertiary alicyclic amines) is 1. The number of benzene rings is 1. The van der Waals surface area contributed by atoms with Crippen LogP contribution >= 0.6 is 11.6 Å². The number of rotatable bonds is 4. The van der Waals surface area contributed by atoms with E-state index in [1.54, 1.807) is 18.6 Å². The van der Waals surface area contributed by atoms with Crippen molar-refractivity contribution in [2.24, 2.45) is 0 Å². The summed E-state index contributed by atoms with van der Waals surface area (Å²) in [6.07, 6.45) is 7.63. The van der Waals surface area contributed by atoms with Gasteiger partial charge in [0.2, 0.25) is 0 Å². The minimum absolute atomic E-state index is 0.00814. The molecule has 3 heterocycles. The maximum absolute atomic E-state index is 12.4. The van der Waals surface area contributed by atoms with Crippen molar-refractivity contribution in [2.75, 3.05) is 31.6 Å². The second-order valence-electron chi connectivity index (χ2n) is 6.69. The highest BCUT2D eigenvalue weighted by Gasteiger charge is 2.35. The molecule has 4 rings (SSSR count). The molecule has 2 saturated heterocycles. The van der Waals surface area contributed by atoms with E-state index in [9.17, 15) is 4.79 Å². The molecule has 1 aromatic heterocycles. The van der Waals surface area contributed by atoms with Crippen molar-refractivity contribution in [3.8, 4) is 5.69 Å². The van der Waals surface area contributed by atoms with Gasteiger partial charge >= 0.3 is 6.03 Å². The average Bonchev–Trinajstić information content (AvgIpc) is 3.37. The van der Waals surface area contributed by atoms with Crippen LogP contribution in [0.25, 0.3) is 5.69 Å². The molecule has 2 atom stereocenters. The highest BCUT2D eigenvalue weighted by Crippen LogP contribution is 2.24. The normalized spacial score (nSPS) is 23.3. The van der Waals surface area contributed by atoms with Gasteiger partial charge in [0, 0.05) is 18.1 Å². The van der Waals surface area contributed by atoms with Crippen LogP contribution in [0.4, 0.5) is 10.5 Å². The first-order chi connectivity index (χ1) is 12.7. The number of carbonyl (C=O) groups is 1. The highest BCUT2D eigenvalue weighted by molar-refractivity contribution is 6.32. The fraction of sp³-hybridized carbons (Fsp3) is 0.444. The molecule has 2 aromatic rings. The summed E-state index contributed by atoms with van der Waals surface area (Å²) >= 11 is 6.34. The predicted octanol–water partition coefficient (Wildman–Crippen LogP) is 2.51.